The van der Waals surface area contributed by atoms with E-state index in [-0.39, 0.29) is 22.9 Å². The molecule has 1 aromatic heterocycles. The van der Waals surface area contributed by atoms with Gasteiger partial charge in [0.15, 0.2) is 0 Å². The Morgan fingerprint density at radius 3 is 2.64 bits per heavy atom. The predicted octanol–water partition coefficient (Wildman–Crippen LogP) is 2.41. The number of fused-ring (bicyclic) bond motifs is 1. The number of nitrogens with zero attached hydrogens (tertiary/aromatic N) is 2. The molecule has 3 aromatic rings. The number of phenols is 1. The van der Waals surface area contributed by atoms with Crippen molar-refractivity contribution in [3.8, 4) is 5.75 Å². The van der Waals surface area contributed by atoms with Gasteiger partial charge in [-0.15, -0.1) is 0 Å². The molecule has 0 saturated heterocycles. The third-order valence-electron chi connectivity index (χ3n) is 3.88. The molecule has 0 amide bonds. The van der Waals surface area contributed by atoms with Crippen LogP contribution in [0.3, 0.4) is 0 Å². The zero-order valence-corrected chi connectivity index (χ0v) is 13.6. The fourth-order valence-corrected chi connectivity index (χ4v) is 2.74. The highest BCUT2D eigenvalue weighted by Crippen LogP contribution is 2.29. The van der Waals surface area contributed by atoms with Crippen LogP contribution in [0.4, 0.5) is 5.82 Å². The van der Waals surface area contributed by atoms with Gasteiger partial charge in [0.25, 0.3) is 0 Å². The molecule has 7 nitrogen and oxygen atoms in total. The molecule has 0 bridgehead atoms. The summed E-state index contributed by atoms with van der Waals surface area (Å²) in [7, 11) is 1.85. The normalized spacial score (nSPS) is 12.0. The van der Waals surface area contributed by atoms with Gasteiger partial charge < -0.3 is 20.8 Å². The maximum Gasteiger partial charge on any atom is 0.338 e. The number of carboxylic acids is 1. The van der Waals surface area contributed by atoms with Gasteiger partial charge in [-0.1, -0.05) is 30.3 Å². The Hall–Kier alpha value is -3.19. The molecule has 25 heavy (non-hydrogen) atoms. The standard InChI is InChI=1S/C18H18N4O3/c1-19-9-15(11-5-3-2-4-6-11)22-17-13-7-12(23)8-14(18(24)25)16(13)20-10-21-17/h2-8,10,15,19,23H,9H2,1H3,(H,24,25)(H,20,21,22). The number of rotatable bonds is 6. The first-order valence-electron chi connectivity index (χ1n) is 7.77. The van der Waals surface area contributed by atoms with Crippen molar-refractivity contribution in [1.82, 2.24) is 15.3 Å². The molecule has 0 aliphatic heterocycles. The molecule has 0 saturated carbocycles. The van der Waals surface area contributed by atoms with Gasteiger partial charge >= 0.3 is 5.97 Å². The van der Waals surface area contributed by atoms with Gasteiger partial charge in [0.2, 0.25) is 0 Å². The van der Waals surface area contributed by atoms with Crippen LogP contribution in [-0.4, -0.2) is 39.7 Å². The third kappa shape index (κ3) is 3.51. The summed E-state index contributed by atoms with van der Waals surface area (Å²) >= 11 is 0. The average Bonchev–Trinajstić information content (AvgIpc) is 2.61. The van der Waals surface area contributed by atoms with Gasteiger partial charge in [0.1, 0.15) is 17.9 Å². The van der Waals surface area contributed by atoms with Crippen molar-refractivity contribution in [2.45, 2.75) is 6.04 Å². The van der Waals surface area contributed by atoms with Crippen molar-refractivity contribution >= 4 is 22.7 Å². The van der Waals surface area contributed by atoms with Gasteiger partial charge in [-0.05, 0) is 24.7 Å². The maximum atomic E-state index is 11.4. The quantitative estimate of drug-likeness (QED) is 0.546. The summed E-state index contributed by atoms with van der Waals surface area (Å²) < 4.78 is 0. The first-order chi connectivity index (χ1) is 12.1. The number of aromatic carboxylic acids is 1. The van der Waals surface area contributed by atoms with Crippen molar-refractivity contribution in [2.75, 3.05) is 18.9 Å². The van der Waals surface area contributed by atoms with E-state index < -0.39 is 5.97 Å². The first-order valence-corrected chi connectivity index (χ1v) is 7.77. The molecule has 0 spiro atoms. The van der Waals surface area contributed by atoms with Crippen LogP contribution in [0.15, 0.2) is 48.8 Å². The van der Waals surface area contributed by atoms with Gasteiger partial charge in [0, 0.05) is 11.9 Å². The molecule has 0 radical (unpaired) electrons. The maximum absolute atomic E-state index is 11.4. The summed E-state index contributed by atoms with van der Waals surface area (Å²) in [6.07, 6.45) is 1.32. The summed E-state index contributed by atoms with van der Waals surface area (Å²) in [6, 6.07) is 12.4. The number of nitrogens with one attached hydrogen (secondary N) is 2. The van der Waals surface area contributed by atoms with Gasteiger partial charge in [-0.3, -0.25) is 0 Å². The highest BCUT2D eigenvalue weighted by Gasteiger charge is 2.17. The van der Waals surface area contributed by atoms with E-state index in [1.165, 1.54) is 18.5 Å². The van der Waals surface area contributed by atoms with Crippen LogP contribution >= 0.6 is 0 Å². The van der Waals surface area contributed by atoms with Crippen LogP contribution in [0.5, 0.6) is 5.75 Å². The van der Waals surface area contributed by atoms with Gasteiger partial charge in [0.05, 0.1) is 17.1 Å². The fraction of sp³-hybridized carbons (Fsp3) is 0.167. The number of carboxylic acid groups (broad SMARTS) is 1. The zero-order valence-electron chi connectivity index (χ0n) is 13.6. The number of hydrogen-bond donors (Lipinski definition) is 4. The second-order valence-corrected chi connectivity index (χ2v) is 5.58. The van der Waals surface area contributed by atoms with E-state index in [0.29, 0.717) is 17.7 Å². The fourth-order valence-electron chi connectivity index (χ4n) is 2.74. The van der Waals surface area contributed by atoms with E-state index in [0.717, 1.165) is 5.56 Å². The highest BCUT2D eigenvalue weighted by molar-refractivity contribution is 6.05. The smallest absolute Gasteiger partial charge is 0.338 e. The van der Waals surface area contributed by atoms with Crippen molar-refractivity contribution in [1.29, 1.82) is 0 Å². The Labute approximate surface area is 144 Å². The molecule has 0 aliphatic carbocycles. The van der Waals surface area contributed by atoms with E-state index in [9.17, 15) is 15.0 Å². The lowest BCUT2D eigenvalue weighted by atomic mass is 10.1. The molecule has 1 heterocycles. The molecule has 1 atom stereocenters. The SMILES string of the molecule is CNCC(Nc1ncnc2c(C(=O)O)cc(O)cc12)c1ccccc1. The number of benzene rings is 2. The Morgan fingerprint density at radius 2 is 1.96 bits per heavy atom. The minimum Gasteiger partial charge on any atom is -0.508 e. The van der Waals surface area contributed by atoms with Crippen LogP contribution in [-0.2, 0) is 0 Å². The summed E-state index contributed by atoms with van der Waals surface area (Å²) in [6.45, 7) is 0.639. The first kappa shape index (κ1) is 16.7. The predicted molar refractivity (Wildman–Crippen MR) is 94.9 cm³/mol. The highest BCUT2D eigenvalue weighted by atomic mass is 16.4. The second kappa shape index (κ2) is 7.14. The molecule has 128 valence electrons. The largest absolute Gasteiger partial charge is 0.508 e. The lowest BCUT2D eigenvalue weighted by Gasteiger charge is -2.20. The third-order valence-corrected chi connectivity index (χ3v) is 3.88. The molecular formula is C18H18N4O3. The van der Waals surface area contributed by atoms with Gasteiger partial charge in [-0.2, -0.15) is 0 Å². The van der Waals surface area contributed by atoms with Crippen molar-refractivity contribution in [2.24, 2.45) is 0 Å². The number of aromatic nitrogens is 2. The number of likely N-dealkylation sites (N-methyl/N-ethyl adjacent to an activating group) is 1. The second-order valence-electron chi connectivity index (χ2n) is 5.58. The summed E-state index contributed by atoms with van der Waals surface area (Å²) in [5, 5.41) is 26.1. The molecule has 0 fully saturated rings. The molecule has 2 aromatic carbocycles. The average molecular weight is 338 g/mol. The van der Waals surface area contributed by atoms with Crippen molar-refractivity contribution in [3.63, 3.8) is 0 Å². The van der Waals surface area contributed by atoms with E-state index in [1.54, 1.807) is 0 Å². The molecule has 3 rings (SSSR count). The molecule has 7 heteroatoms. The molecule has 1 unspecified atom stereocenters. The number of phenolic OH excluding ortho intramolecular Hbond substituents is 1. The monoisotopic (exact) mass is 338 g/mol. The summed E-state index contributed by atoms with van der Waals surface area (Å²) in [5.74, 6) is -0.833. The Balaban J connectivity index is 2.07. The van der Waals surface area contributed by atoms with Gasteiger partial charge in [-0.25, -0.2) is 14.8 Å². The number of carbonyl (C=O) groups is 1. The van der Waals surface area contributed by atoms with E-state index in [2.05, 4.69) is 20.6 Å². The van der Waals surface area contributed by atoms with Crippen molar-refractivity contribution in [3.05, 3.63) is 59.9 Å². The Kier molecular flexibility index (Phi) is 4.76. The van der Waals surface area contributed by atoms with E-state index in [4.69, 9.17) is 0 Å². The summed E-state index contributed by atoms with van der Waals surface area (Å²) in [5.41, 5.74) is 1.27. The lowest BCUT2D eigenvalue weighted by Crippen LogP contribution is -2.24. The van der Waals surface area contributed by atoms with E-state index >= 15 is 0 Å². The lowest BCUT2D eigenvalue weighted by molar-refractivity contribution is 0.0698. The van der Waals surface area contributed by atoms with Crippen LogP contribution in [0, 0.1) is 0 Å². The minimum absolute atomic E-state index is 0.0645. The van der Waals surface area contributed by atoms with E-state index in [1.807, 2.05) is 37.4 Å². The molecule has 0 aliphatic rings. The number of hydrogen-bond acceptors (Lipinski definition) is 6. The Bertz CT molecular complexity index is 899. The van der Waals surface area contributed by atoms with Crippen LogP contribution in [0.25, 0.3) is 10.9 Å². The van der Waals surface area contributed by atoms with Crippen LogP contribution < -0.4 is 10.6 Å². The number of aromatic hydroxyl groups is 1. The topological polar surface area (TPSA) is 107 Å². The molecular weight excluding hydrogens is 320 g/mol. The minimum atomic E-state index is -1.15. The van der Waals surface area contributed by atoms with Crippen LogP contribution in [0.1, 0.15) is 22.0 Å². The number of anilines is 1. The van der Waals surface area contributed by atoms with Crippen LogP contribution in [0.2, 0.25) is 0 Å². The molecule has 4 N–H and O–H groups in total. The summed E-state index contributed by atoms with van der Waals surface area (Å²) in [4.78, 5) is 19.7. The van der Waals surface area contributed by atoms with Crippen molar-refractivity contribution < 1.29 is 15.0 Å². The Morgan fingerprint density at radius 1 is 1.20 bits per heavy atom. The zero-order chi connectivity index (χ0) is 17.8.